The van der Waals surface area contributed by atoms with Crippen LogP contribution in [0.5, 0.6) is 0 Å². The molecule has 0 aliphatic carbocycles. The Bertz CT molecular complexity index is 1360. The van der Waals surface area contributed by atoms with Gasteiger partial charge in [0, 0.05) is 28.5 Å². The molecule has 2 aromatic heterocycles. The van der Waals surface area contributed by atoms with Crippen molar-refractivity contribution in [2.24, 2.45) is 0 Å². The first-order valence-electron chi connectivity index (χ1n) is 9.88. The van der Waals surface area contributed by atoms with E-state index in [-0.39, 0.29) is 5.91 Å². The minimum atomic E-state index is -0.207. The number of benzene rings is 3. The minimum absolute atomic E-state index is 0.207. The number of carbonyl (C=O) groups excluding carboxylic acids is 1. The fourth-order valence-corrected chi connectivity index (χ4v) is 3.64. The van der Waals surface area contributed by atoms with E-state index >= 15 is 0 Å². The van der Waals surface area contributed by atoms with E-state index in [1.165, 1.54) is 5.56 Å². The van der Waals surface area contributed by atoms with Crippen LogP contribution in [0, 0.1) is 0 Å². The first kappa shape index (κ1) is 19.1. The Kier molecular flexibility index (Phi) is 4.98. The third-order valence-corrected chi connectivity index (χ3v) is 5.38. The van der Waals surface area contributed by atoms with Gasteiger partial charge in [-0.3, -0.25) is 4.79 Å². The maximum atomic E-state index is 12.6. The number of amides is 1. The van der Waals surface area contributed by atoms with Crippen molar-refractivity contribution in [1.82, 2.24) is 9.38 Å². The van der Waals surface area contributed by atoms with Gasteiger partial charge in [-0.15, -0.1) is 0 Å². The van der Waals surface area contributed by atoms with E-state index in [1.54, 1.807) is 24.3 Å². The molecular weight excluding hydrogens is 406 g/mol. The number of anilines is 1. The van der Waals surface area contributed by atoms with Crippen molar-refractivity contribution in [3.8, 4) is 22.4 Å². The fourth-order valence-electron chi connectivity index (χ4n) is 3.51. The van der Waals surface area contributed by atoms with Gasteiger partial charge in [0.15, 0.2) is 5.65 Å². The van der Waals surface area contributed by atoms with E-state index in [0.29, 0.717) is 21.9 Å². The summed E-state index contributed by atoms with van der Waals surface area (Å²) in [5, 5.41) is 3.54. The first-order valence-corrected chi connectivity index (χ1v) is 10.3. The summed E-state index contributed by atoms with van der Waals surface area (Å²) in [5.41, 5.74) is 6.06. The monoisotopic (exact) mass is 423 g/mol. The Hall–Kier alpha value is -3.89. The molecule has 4 nitrogen and oxygen atoms in total. The normalized spacial score (nSPS) is 10.9. The average Bonchev–Trinajstić information content (AvgIpc) is 3.26. The van der Waals surface area contributed by atoms with Crippen LogP contribution >= 0.6 is 11.6 Å². The van der Waals surface area contributed by atoms with Crippen molar-refractivity contribution < 1.29 is 4.79 Å². The average molecular weight is 424 g/mol. The van der Waals surface area contributed by atoms with Gasteiger partial charge in [-0.2, -0.15) is 0 Å². The molecule has 1 amide bonds. The predicted molar refractivity (Wildman–Crippen MR) is 125 cm³/mol. The predicted octanol–water partition coefficient (Wildman–Crippen LogP) is 6.57. The Balaban J connectivity index is 1.44. The Morgan fingerprint density at radius 3 is 2.19 bits per heavy atom. The number of nitrogens with zero attached hydrogens (tertiary/aromatic N) is 2. The van der Waals surface area contributed by atoms with E-state index in [1.807, 2.05) is 47.1 Å². The molecule has 5 heteroatoms. The molecule has 0 saturated carbocycles. The van der Waals surface area contributed by atoms with E-state index in [0.717, 1.165) is 16.8 Å². The number of nitrogens with one attached hydrogen (secondary N) is 1. The summed E-state index contributed by atoms with van der Waals surface area (Å²) >= 11 is 5.92. The Morgan fingerprint density at radius 1 is 0.774 bits per heavy atom. The molecule has 150 valence electrons. The number of pyridine rings is 1. The Labute approximate surface area is 184 Å². The highest BCUT2D eigenvalue weighted by atomic mass is 35.5. The smallest absolute Gasteiger partial charge is 0.255 e. The molecule has 3 aromatic carbocycles. The standard InChI is InChI=1S/C26H18ClN3O/c27-22-14-12-21(13-15-22)26(31)29-23-7-4-16-30-17-24(28-25(23)30)20-10-8-19(9-11-20)18-5-2-1-3-6-18/h1-17H,(H,29,31). The van der Waals surface area contributed by atoms with Gasteiger partial charge in [-0.05, 0) is 47.5 Å². The molecule has 0 unspecified atom stereocenters. The number of rotatable bonds is 4. The van der Waals surface area contributed by atoms with E-state index in [9.17, 15) is 4.79 Å². The second-order valence-corrected chi connectivity index (χ2v) is 7.62. The molecule has 5 aromatic rings. The van der Waals surface area contributed by atoms with Crippen LogP contribution in [0.15, 0.2) is 103 Å². The van der Waals surface area contributed by atoms with Crippen LogP contribution in [-0.2, 0) is 0 Å². The molecule has 0 atom stereocenters. The van der Waals surface area contributed by atoms with Crippen molar-refractivity contribution in [2.75, 3.05) is 5.32 Å². The molecule has 0 saturated heterocycles. The number of halogens is 1. The van der Waals surface area contributed by atoms with Gasteiger partial charge in [-0.1, -0.05) is 66.2 Å². The SMILES string of the molecule is O=C(Nc1cccn2cc(-c3ccc(-c4ccccc4)cc3)nc12)c1ccc(Cl)cc1. The van der Waals surface area contributed by atoms with Crippen LogP contribution in [0.2, 0.25) is 5.02 Å². The quantitative estimate of drug-likeness (QED) is 0.355. The van der Waals surface area contributed by atoms with Crippen molar-refractivity contribution in [2.45, 2.75) is 0 Å². The van der Waals surface area contributed by atoms with Crippen molar-refractivity contribution >= 4 is 28.8 Å². The van der Waals surface area contributed by atoms with Crippen molar-refractivity contribution in [3.63, 3.8) is 0 Å². The molecule has 0 aliphatic rings. The van der Waals surface area contributed by atoms with Crippen molar-refractivity contribution in [3.05, 3.63) is 114 Å². The first-order chi connectivity index (χ1) is 15.2. The topological polar surface area (TPSA) is 46.4 Å². The number of aromatic nitrogens is 2. The minimum Gasteiger partial charge on any atom is -0.319 e. The highest BCUT2D eigenvalue weighted by Crippen LogP contribution is 2.26. The van der Waals surface area contributed by atoms with Crippen LogP contribution < -0.4 is 5.32 Å². The second-order valence-electron chi connectivity index (χ2n) is 7.18. The van der Waals surface area contributed by atoms with Gasteiger partial charge in [-0.25, -0.2) is 4.98 Å². The lowest BCUT2D eigenvalue weighted by Crippen LogP contribution is -2.12. The van der Waals surface area contributed by atoms with Crippen LogP contribution in [0.3, 0.4) is 0 Å². The van der Waals surface area contributed by atoms with Gasteiger partial charge in [0.05, 0.1) is 11.4 Å². The largest absolute Gasteiger partial charge is 0.319 e. The lowest BCUT2D eigenvalue weighted by atomic mass is 10.0. The summed E-state index contributed by atoms with van der Waals surface area (Å²) in [4.78, 5) is 17.4. The lowest BCUT2D eigenvalue weighted by Gasteiger charge is -2.06. The number of fused-ring (bicyclic) bond motifs is 1. The van der Waals surface area contributed by atoms with Crippen molar-refractivity contribution in [1.29, 1.82) is 0 Å². The molecule has 2 heterocycles. The Morgan fingerprint density at radius 2 is 1.45 bits per heavy atom. The number of imidazole rings is 1. The molecule has 0 fully saturated rings. The summed E-state index contributed by atoms with van der Waals surface area (Å²) in [6.07, 6.45) is 3.88. The summed E-state index contributed by atoms with van der Waals surface area (Å²) in [5.74, 6) is -0.207. The summed E-state index contributed by atoms with van der Waals surface area (Å²) in [6, 6.07) is 29.1. The van der Waals surface area contributed by atoms with Crippen LogP contribution in [0.1, 0.15) is 10.4 Å². The van der Waals surface area contributed by atoms with Gasteiger partial charge in [0.1, 0.15) is 0 Å². The van der Waals surface area contributed by atoms with E-state index in [2.05, 4.69) is 41.7 Å². The molecule has 31 heavy (non-hydrogen) atoms. The molecule has 0 aliphatic heterocycles. The second kappa shape index (κ2) is 8.09. The number of hydrogen-bond donors (Lipinski definition) is 1. The zero-order valence-electron chi connectivity index (χ0n) is 16.5. The van der Waals surface area contributed by atoms with Gasteiger partial charge < -0.3 is 9.72 Å². The number of carbonyl (C=O) groups is 1. The summed E-state index contributed by atoms with van der Waals surface area (Å²) in [7, 11) is 0. The lowest BCUT2D eigenvalue weighted by molar-refractivity contribution is 0.102. The highest BCUT2D eigenvalue weighted by Gasteiger charge is 2.12. The third-order valence-electron chi connectivity index (χ3n) is 5.13. The summed E-state index contributed by atoms with van der Waals surface area (Å²) in [6.45, 7) is 0. The molecule has 1 N–H and O–H groups in total. The zero-order valence-corrected chi connectivity index (χ0v) is 17.3. The van der Waals surface area contributed by atoms with Gasteiger partial charge >= 0.3 is 0 Å². The zero-order chi connectivity index (χ0) is 21.2. The fraction of sp³-hybridized carbons (Fsp3) is 0. The summed E-state index contributed by atoms with van der Waals surface area (Å²) < 4.78 is 1.91. The van der Waals surface area contributed by atoms with E-state index < -0.39 is 0 Å². The van der Waals surface area contributed by atoms with Gasteiger partial charge in [0.2, 0.25) is 0 Å². The van der Waals surface area contributed by atoms with E-state index in [4.69, 9.17) is 16.6 Å². The van der Waals surface area contributed by atoms with Crippen LogP contribution in [0.25, 0.3) is 28.0 Å². The molecule has 0 spiro atoms. The molecular formula is C26H18ClN3O. The van der Waals surface area contributed by atoms with Crippen LogP contribution in [0.4, 0.5) is 5.69 Å². The maximum Gasteiger partial charge on any atom is 0.255 e. The highest BCUT2D eigenvalue weighted by molar-refractivity contribution is 6.30. The molecule has 0 bridgehead atoms. The van der Waals surface area contributed by atoms with Gasteiger partial charge in [0.25, 0.3) is 5.91 Å². The maximum absolute atomic E-state index is 12.6. The molecule has 0 radical (unpaired) electrons. The van der Waals surface area contributed by atoms with Crippen LogP contribution in [-0.4, -0.2) is 15.3 Å². The third kappa shape index (κ3) is 3.93. The molecule has 5 rings (SSSR count). The number of hydrogen-bond acceptors (Lipinski definition) is 2.